The van der Waals surface area contributed by atoms with E-state index in [2.05, 4.69) is 0 Å². The predicted octanol–water partition coefficient (Wildman–Crippen LogP) is -0.164. The van der Waals surface area contributed by atoms with Crippen LogP contribution in [0.4, 0.5) is 0 Å². The van der Waals surface area contributed by atoms with Crippen LogP contribution in [0.5, 0.6) is 0 Å². The van der Waals surface area contributed by atoms with Gasteiger partial charge in [-0.15, -0.1) is 0 Å². The van der Waals surface area contributed by atoms with Gasteiger partial charge >= 0.3 is 14.7 Å². The van der Waals surface area contributed by atoms with Crippen molar-refractivity contribution in [3.63, 3.8) is 0 Å². The highest BCUT2D eigenvalue weighted by Gasteiger charge is 2.59. The minimum Gasteiger partial charge on any atom is -0.334 e. The molecule has 2 aliphatic heterocycles. The lowest BCUT2D eigenvalue weighted by molar-refractivity contribution is -0.122. The fourth-order valence-electron chi connectivity index (χ4n) is 2.00. The second-order valence-electron chi connectivity index (χ2n) is 4.49. The summed E-state index contributed by atoms with van der Waals surface area (Å²) >= 11 is 0. The minimum absolute atomic E-state index is 0.657. The number of rotatable bonds is 0. The first-order valence-corrected chi connectivity index (χ1v) is 8.36. The maximum absolute atomic E-state index is 11.4. The van der Waals surface area contributed by atoms with Crippen molar-refractivity contribution in [2.75, 3.05) is 0 Å². The first kappa shape index (κ1) is 14.5. The summed E-state index contributed by atoms with van der Waals surface area (Å²) < 4.78 is 22.7. The van der Waals surface area contributed by atoms with Crippen molar-refractivity contribution >= 4 is 36.8 Å². The third-order valence-corrected chi connectivity index (χ3v) is 6.18. The highest BCUT2D eigenvalue weighted by atomic mass is 31.2. The predicted molar refractivity (Wildman–Crippen MR) is 59.9 cm³/mol. The van der Waals surface area contributed by atoms with E-state index in [4.69, 9.17) is 0 Å². The summed E-state index contributed by atoms with van der Waals surface area (Å²) in [5.41, 5.74) is -6.93. The number of carbonyl (C=O) groups excluding carboxylic acids is 4. The second kappa shape index (κ2) is 4.03. The molecule has 2 N–H and O–H groups in total. The second-order valence-corrected chi connectivity index (χ2v) is 8.67. The van der Waals surface area contributed by atoms with Crippen LogP contribution in [0.1, 0.15) is 12.8 Å². The van der Waals surface area contributed by atoms with Crippen LogP contribution < -0.4 is 0 Å². The molecule has 8 nitrogen and oxygen atoms in total. The monoisotopic (exact) mass is 306 g/mol. The maximum atomic E-state index is 11.4. The Bertz CT molecular complexity index is 516. The topological polar surface area (TPSA) is 143 Å². The Kier molecular flexibility index (Phi) is 3.07. The number of hydrogen-bond donors (Lipinski definition) is 2. The van der Waals surface area contributed by atoms with Crippen LogP contribution in [-0.4, -0.2) is 31.9 Å². The lowest BCUT2D eigenvalue weighted by Crippen LogP contribution is -2.41. The molecule has 0 aliphatic carbocycles. The molecule has 0 amide bonds. The molecule has 0 aromatic heterocycles. The van der Waals surface area contributed by atoms with Crippen LogP contribution in [0.15, 0.2) is 0 Å². The van der Waals surface area contributed by atoms with Gasteiger partial charge in [0.15, 0.2) is 0 Å². The highest BCUT2D eigenvalue weighted by molar-refractivity contribution is 7.91. The van der Waals surface area contributed by atoms with E-state index >= 15 is 0 Å². The van der Waals surface area contributed by atoms with E-state index in [1.54, 1.807) is 0 Å². The van der Waals surface area contributed by atoms with Crippen molar-refractivity contribution in [2.45, 2.75) is 12.8 Å². The Hall–Kier alpha value is -0.940. The molecule has 2 radical (unpaired) electrons. The van der Waals surface area contributed by atoms with E-state index in [1.807, 2.05) is 0 Å². The molecule has 2 unspecified atom stereocenters. The Labute approximate surface area is 107 Å². The summed E-state index contributed by atoms with van der Waals surface area (Å²) in [6, 6.07) is 0. The van der Waals surface area contributed by atoms with E-state index in [9.17, 15) is 38.1 Å². The lowest BCUT2D eigenvalue weighted by atomic mass is 9.76. The standard InChI is InChI=1S/C9H8O8P2/c10-5-1-9(2-6(11)18(5,14)15)3-7(12)19(16,17)8(13)4-9/h1,3H,2,4H2,(H,14,15)(H,16,17). The van der Waals surface area contributed by atoms with Crippen LogP contribution in [0, 0.1) is 18.3 Å². The molecule has 2 saturated heterocycles. The molecule has 0 aromatic rings. The van der Waals surface area contributed by atoms with E-state index in [0.717, 1.165) is 0 Å². The first-order valence-electron chi connectivity index (χ1n) is 5.04. The van der Waals surface area contributed by atoms with Crippen molar-refractivity contribution in [1.29, 1.82) is 0 Å². The average Bonchev–Trinajstić information content (AvgIpc) is 2.24. The van der Waals surface area contributed by atoms with Gasteiger partial charge < -0.3 is 9.79 Å². The van der Waals surface area contributed by atoms with Gasteiger partial charge in [-0.25, -0.2) is 0 Å². The van der Waals surface area contributed by atoms with E-state index in [1.165, 1.54) is 0 Å². The van der Waals surface area contributed by atoms with Gasteiger partial charge in [0.1, 0.15) is 0 Å². The molecular weight excluding hydrogens is 298 g/mol. The van der Waals surface area contributed by atoms with Crippen LogP contribution in [0.2, 0.25) is 0 Å². The van der Waals surface area contributed by atoms with Crippen LogP contribution in [0.25, 0.3) is 0 Å². The minimum atomic E-state index is -4.64. The zero-order valence-electron chi connectivity index (χ0n) is 9.31. The van der Waals surface area contributed by atoms with Crippen molar-refractivity contribution in [2.24, 2.45) is 5.41 Å². The molecule has 0 saturated carbocycles. The van der Waals surface area contributed by atoms with Gasteiger partial charge in [-0.05, 0) is 0 Å². The Morgan fingerprint density at radius 3 is 1.42 bits per heavy atom. The van der Waals surface area contributed by atoms with Crippen LogP contribution in [0.3, 0.4) is 0 Å². The summed E-state index contributed by atoms with van der Waals surface area (Å²) in [4.78, 5) is 64.1. The van der Waals surface area contributed by atoms with Gasteiger partial charge in [0.05, 0.1) is 0 Å². The largest absolute Gasteiger partial charge is 0.334 e. The van der Waals surface area contributed by atoms with Gasteiger partial charge in [0.2, 0.25) is 22.1 Å². The number of carbonyl (C=O) groups is 4. The fraction of sp³-hybridized carbons (Fsp3) is 0.333. The molecule has 1 spiro atoms. The molecular formula is C9H8O8P2. The lowest BCUT2D eigenvalue weighted by Gasteiger charge is -2.38. The average molecular weight is 306 g/mol. The third kappa shape index (κ3) is 2.09. The molecule has 19 heavy (non-hydrogen) atoms. The van der Waals surface area contributed by atoms with E-state index in [0.29, 0.717) is 12.8 Å². The van der Waals surface area contributed by atoms with Crippen LogP contribution in [-0.2, 0) is 28.3 Å². The Balaban J connectivity index is 2.38. The molecule has 2 atom stereocenters. The third-order valence-electron chi connectivity index (χ3n) is 3.06. The van der Waals surface area contributed by atoms with Gasteiger partial charge in [-0.3, -0.25) is 28.3 Å². The normalized spacial score (nSPS) is 43.9. The first-order chi connectivity index (χ1) is 8.51. The molecule has 10 heteroatoms. The van der Waals surface area contributed by atoms with Gasteiger partial charge in [0.25, 0.3) is 0 Å². The summed E-state index contributed by atoms with van der Waals surface area (Å²) in [5.74, 6) is 0. The molecule has 2 rings (SSSR count). The highest BCUT2D eigenvalue weighted by Crippen LogP contribution is 2.61. The molecule has 2 heterocycles. The Morgan fingerprint density at radius 2 is 1.16 bits per heavy atom. The van der Waals surface area contributed by atoms with Gasteiger partial charge in [-0.2, -0.15) is 0 Å². The summed E-state index contributed by atoms with van der Waals surface area (Å²) in [6.07, 6.45) is -0.0672. The number of hydrogen-bond acceptors (Lipinski definition) is 6. The summed E-state index contributed by atoms with van der Waals surface area (Å²) in [7, 11) is -9.28. The molecule has 0 bridgehead atoms. The molecule has 2 fully saturated rings. The fourth-order valence-corrected chi connectivity index (χ4v) is 4.37. The summed E-state index contributed by atoms with van der Waals surface area (Å²) in [5, 5.41) is 0. The zero-order chi connectivity index (χ0) is 14.6. The molecule has 2 aliphatic rings. The van der Waals surface area contributed by atoms with Crippen molar-refractivity contribution in [3.05, 3.63) is 12.8 Å². The van der Waals surface area contributed by atoms with Crippen molar-refractivity contribution in [1.82, 2.24) is 0 Å². The molecule has 102 valence electrons. The van der Waals surface area contributed by atoms with Crippen molar-refractivity contribution < 1.29 is 38.1 Å². The smallest absolute Gasteiger partial charge is 0.328 e. The van der Waals surface area contributed by atoms with Crippen LogP contribution >= 0.6 is 14.7 Å². The Morgan fingerprint density at radius 1 is 0.842 bits per heavy atom. The zero-order valence-corrected chi connectivity index (χ0v) is 11.1. The van der Waals surface area contributed by atoms with E-state index < -0.39 is 55.1 Å². The SMILES string of the molecule is O=C1[CH]C2([CH]C(=O)P(=O)(O)C(=O)C2)CC(=O)P1(=O)O. The maximum Gasteiger partial charge on any atom is 0.328 e. The van der Waals surface area contributed by atoms with Gasteiger partial charge in [-0.1, -0.05) is 0 Å². The summed E-state index contributed by atoms with van der Waals surface area (Å²) in [6.45, 7) is 0. The molecule has 0 aromatic carbocycles. The van der Waals surface area contributed by atoms with Gasteiger partial charge in [0, 0.05) is 31.1 Å². The van der Waals surface area contributed by atoms with E-state index in [-0.39, 0.29) is 0 Å². The quantitative estimate of drug-likeness (QED) is 0.587. The van der Waals surface area contributed by atoms with Crippen molar-refractivity contribution in [3.8, 4) is 0 Å².